The molecule has 8 aromatic rings. The van der Waals surface area contributed by atoms with Crippen molar-refractivity contribution in [3.05, 3.63) is 162 Å². The SMILES string of the molecule is COCOc1cccc2ccc(CN(CCN(Cc3ccc4ccccc4n3)Cc3ccc4ccccc4n3)Cc3ccc4ccccc4n3)nc12. The van der Waals surface area contributed by atoms with Crippen molar-refractivity contribution >= 4 is 43.6 Å². The average Bonchev–Trinajstić information content (AvgIpc) is 3.19. The lowest BCUT2D eigenvalue weighted by Crippen LogP contribution is -2.35. The summed E-state index contributed by atoms with van der Waals surface area (Å²) in [6, 6.07) is 47.9. The highest BCUT2D eigenvalue weighted by Gasteiger charge is 2.16. The van der Waals surface area contributed by atoms with Gasteiger partial charge in [-0.2, -0.15) is 0 Å². The maximum absolute atomic E-state index is 5.88. The van der Waals surface area contributed by atoms with Crippen LogP contribution in [0.25, 0.3) is 43.6 Å². The molecule has 0 saturated heterocycles. The van der Waals surface area contributed by atoms with Crippen molar-refractivity contribution in [2.45, 2.75) is 26.2 Å². The van der Waals surface area contributed by atoms with Gasteiger partial charge in [0.25, 0.3) is 0 Å². The van der Waals surface area contributed by atoms with E-state index in [2.05, 4.69) is 119 Å². The second-order valence-electron chi connectivity index (χ2n) is 13.1. The minimum absolute atomic E-state index is 0.165. The van der Waals surface area contributed by atoms with Crippen LogP contribution in [0.5, 0.6) is 5.75 Å². The monoisotopic (exact) mass is 684 g/mol. The number of rotatable bonds is 14. The number of hydrogen-bond donors (Lipinski definition) is 0. The molecule has 0 aliphatic rings. The van der Waals surface area contributed by atoms with E-state index in [9.17, 15) is 0 Å². The summed E-state index contributed by atoms with van der Waals surface area (Å²) in [5, 5.41) is 4.44. The molecule has 0 atom stereocenters. The summed E-state index contributed by atoms with van der Waals surface area (Å²) in [6.07, 6.45) is 0. The van der Waals surface area contributed by atoms with Gasteiger partial charge < -0.3 is 9.47 Å². The van der Waals surface area contributed by atoms with Crippen LogP contribution in [0.1, 0.15) is 22.8 Å². The van der Waals surface area contributed by atoms with Crippen LogP contribution in [0.4, 0.5) is 0 Å². The molecule has 0 saturated carbocycles. The van der Waals surface area contributed by atoms with Gasteiger partial charge in [-0.15, -0.1) is 0 Å². The van der Waals surface area contributed by atoms with Gasteiger partial charge in [-0.3, -0.25) is 24.8 Å². The first-order valence-electron chi connectivity index (χ1n) is 17.7. The van der Waals surface area contributed by atoms with Crippen LogP contribution in [0.3, 0.4) is 0 Å². The summed E-state index contributed by atoms with van der Waals surface area (Å²) in [6.45, 7) is 4.41. The number of methoxy groups -OCH3 is 1. The molecule has 0 aliphatic heterocycles. The van der Waals surface area contributed by atoms with Crippen molar-refractivity contribution in [1.82, 2.24) is 29.7 Å². The van der Waals surface area contributed by atoms with Crippen molar-refractivity contribution < 1.29 is 9.47 Å². The Labute approximate surface area is 303 Å². The molecule has 8 heteroatoms. The third-order valence-corrected chi connectivity index (χ3v) is 9.32. The highest BCUT2D eigenvalue weighted by molar-refractivity contribution is 5.84. The Morgan fingerprint density at radius 1 is 0.423 bits per heavy atom. The van der Waals surface area contributed by atoms with E-state index < -0.39 is 0 Å². The summed E-state index contributed by atoms with van der Waals surface area (Å²) in [5.41, 5.74) is 7.86. The lowest BCUT2D eigenvalue weighted by molar-refractivity contribution is 0.0521. The smallest absolute Gasteiger partial charge is 0.188 e. The molecular weight excluding hydrogens is 645 g/mol. The third-order valence-electron chi connectivity index (χ3n) is 9.32. The molecule has 0 spiro atoms. The molecular formula is C44H40N6O2. The van der Waals surface area contributed by atoms with Gasteiger partial charge in [-0.1, -0.05) is 91.0 Å². The van der Waals surface area contributed by atoms with Crippen molar-refractivity contribution in [3.63, 3.8) is 0 Å². The molecule has 8 nitrogen and oxygen atoms in total. The Kier molecular flexibility index (Phi) is 10.0. The van der Waals surface area contributed by atoms with E-state index in [1.165, 1.54) is 0 Å². The Morgan fingerprint density at radius 2 is 0.827 bits per heavy atom. The minimum Gasteiger partial charge on any atom is -0.465 e. The van der Waals surface area contributed by atoms with Crippen LogP contribution >= 0.6 is 0 Å². The predicted octanol–water partition coefficient (Wildman–Crippen LogP) is 8.57. The maximum Gasteiger partial charge on any atom is 0.188 e. The molecule has 4 aromatic carbocycles. The summed E-state index contributed by atoms with van der Waals surface area (Å²) >= 11 is 0. The van der Waals surface area contributed by atoms with Crippen LogP contribution < -0.4 is 4.74 Å². The Hall–Kier alpha value is -5.80. The molecule has 52 heavy (non-hydrogen) atoms. The molecule has 0 aliphatic carbocycles. The van der Waals surface area contributed by atoms with Gasteiger partial charge in [-0.25, -0.2) is 4.98 Å². The van der Waals surface area contributed by atoms with Crippen LogP contribution in [-0.4, -0.2) is 56.7 Å². The fourth-order valence-corrected chi connectivity index (χ4v) is 6.70. The summed E-state index contributed by atoms with van der Waals surface area (Å²) < 4.78 is 11.1. The minimum atomic E-state index is 0.165. The van der Waals surface area contributed by atoms with Gasteiger partial charge in [0.1, 0.15) is 11.3 Å². The van der Waals surface area contributed by atoms with E-state index >= 15 is 0 Å². The van der Waals surface area contributed by atoms with Gasteiger partial charge in [-0.05, 0) is 48.5 Å². The highest BCUT2D eigenvalue weighted by atomic mass is 16.7. The molecule has 0 unspecified atom stereocenters. The topological polar surface area (TPSA) is 76.5 Å². The van der Waals surface area contributed by atoms with Crippen LogP contribution in [-0.2, 0) is 30.9 Å². The van der Waals surface area contributed by atoms with Gasteiger partial charge in [0.05, 0.1) is 39.3 Å². The normalized spacial score (nSPS) is 11.8. The molecule has 4 heterocycles. The molecule has 0 amide bonds. The Bertz CT molecular complexity index is 2390. The van der Waals surface area contributed by atoms with Crippen LogP contribution in [0.15, 0.2) is 140 Å². The molecule has 0 N–H and O–H groups in total. The van der Waals surface area contributed by atoms with E-state index in [4.69, 9.17) is 29.4 Å². The number of aromatic nitrogens is 4. The van der Waals surface area contributed by atoms with Gasteiger partial charge in [0.2, 0.25) is 0 Å². The second-order valence-corrected chi connectivity index (χ2v) is 13.1. The molecule has 4 aromatic heterocycles. The lowest BCUT2D eigenvalue weighted by Gasteiger charge is -2.27. The van der Waals surface area contributed by atoms with Crippen molar-refractivity contribution in [2.75, 3.05) is 27.0 Å². The van der Waals surface area contributed by atoms with E-state index in [0.29, 0.717) is 31.9 Å². The zero-order chi connectivity index (χ0) is 35.1. The molecule has 0 bridgehead atoms. The number of fused-ring (bicyclic) bond motifs is 4. The molecule has 0 radical (unpaired) electrons. The molecule has 0 fully saturated rings. The Morgan fingerprint density at radius 3 is 1.29 bits per heavy atom. The van der Waals surface area contributed by atoms with Crippen molar-refractivity contribution in [1.29, 1.82) is 0 Å². The number of ether oxygens (including phenoxy) is 2. The van der Waals surface area contributed by atoms with Gasteiger partial charge in [0, 0.05) is 67.9 Å². The first-order chi connectivity index (χ1) is 25.7. The highest BCUT2D eigenvalue weighted by Crippen LogP contribution is 2.25. The fourth-order valence-electron chi connectivity index (χ4n) is 6.70. The van der Waals surface area contributed by atoms with E-state index in [1.54, 1.807) is 7.11 Å². The van der Waals surface area contributed by atoms with Crippen molar-refractivity contribution in [3.8, 4) is 5.75 Å². The van der Waals surface area contributed by atoms with Crippen LogP contribution in [0, 0.1) is 0 Å². The lowest BCUT2D eigenvalue weighted by atomic mass is 10.1. The summed E-state index contributed by atoms with van der Waals surface area (Å²) in [7, 11) is 1.62. The maximum atomic E-state index is 5.88. The zero-order valence-corrected chi connectivity index (χ0v) is 29.2. The number of benzene rings is 4. The van der Waals surface area contributed by atoms with Crippen LogP contribution in [0.2, 0.25) is 0 Å². The predicted molar refractivity (Wildman–Crippen MR) is 208 cm³/mol. The molecule has 258 valence electrons. The van der Waals surface area contributed by atoms with E-state index in [-0.39, 0.29) is 6.79 Å². The number of nitrogens with zero attached hydrogens (tertiary/aromatic N) is 6. The van der Waals surface area contributed by atoms with Gasteiger partial charge in [0.15, 0.2) is 6.79 Å². The standard InChI is InChI=1S/C44H40N6O2/c1-51-31-52-43-16-8-12-35-20-24-39(48-44(35)43)30-50(29-38-23-19-34-11-4-7-15-42(34)47-38)26-25-49(27-36-21-17-32-9-2-5-13-40(32)45-36)28-37-22-18-33-10-3-6-14-41(33)46-37/h2-24H,25-31H2,1H3. The molecule has 8 rings (SSSR count). The average molecular weight is 685 g/mol. The van der Waals surface area contributed by atoms with Crippen molar-refractivity contribution in [2.24, 2.45) is 0 Å². The number of pyridine rings is 4. The summed E-state index contributed by atoms with van der Waals surface area (Å²) in [4.78, 5) is 25.1. The number of hydrogen-bond acceptors (Lipinski definition) is 8. The first-order valence-corrected chi connectivity index (χ1v) is 17.7. The second kappa shape index (κ2) is 15.6. The zero-order valence-electron chi connectivity index (χ0n) is 29.2. The Balaban J connectivity index is 1.09. The third kappa shape index (κ3) is 7.90. The number of para-hydroxylation sites is 4. The quantitative estimate of drug-likeness (QED) is 0.106. The van der Waals surface area contributed by atoms with E-state index in [1.807, 2.05) is 30.3 Å². The largest absolute Gasteiger partial charge is 0.465 e. The summed E-state index contributed by atoms with van der Waals surface area (Å²) in [5.74, 6) is 0.709. The first kappa shape index (κ1) is 33.3. The van der Waals surface area contributed by atoms with Gasteiger partial charge >= 0.3 is 0 Å². The van der Waals surface area contributed by atoms with E-state index in [0.717, 1.165) is 79.5 Å². The fraction of sp³-hybridized carbons (Fsp3) is 0.182.